The van der Waals surface area contributed by atoms with Gasteiger partial charge >= 0.3 is 0 Å². The van der Waals surface area contributed by atoms with Gasteiger partial charge in [-0.1, -0.05) is 125 Å². The van der Waals surface area contributed by atoms with E-state index in [2.05, 4.69) is 99.6 Å². The van der Waals surface area contributed by atoms with Crippen LogP contribution < -0.4 is 15.5 Å². The first-order chi connectivity index (χ1) is 23.0. The van der Waals surface area contributed by atoms with Crippen molar-refractivity contribution in [1.82, 2.24) is 4.98 Å². The second-order valence-corrected chi connectivity index (χ2v) is 18.1. The van der Waals surface area contributed by atoms with E-state index in [1.807, 2.05) is 40.0 Å². The molecule has 1 radical (unpaired) electrons. The smallest absolute Gasteiger partial charge is 0.162 e. The maximum atomic E-state index is 11.7. The molecule has 0 unspecified atom stereocenters. The summed E-state index contributed by atoms with van der Waals surface area (Å²) in [7, 11) is 0.0862. The normalized spacial score (nSPS) is 12.7. The van der Waals surface area contributed by atoms with Crippen LogP contribution in [0.3, 0.4) is 0 Å². The van der Waals surface area contributed by atoms with Gasteiger partial charge in [-0.15, -0.1) is 17.5 Å². The molecule has 1 aliphatic rings. The molecule has 261 valence electrons. The van der Waals surface area contributed by atoms with E-state index >= 15 is 0 Å². The number of anilines is 2. The van der Waals surface area contributed by atoms with Crippen LogP contribution in [-0.4, -0.2) is 31.0 Å². The number of carbonyl (C=O) groups excluding carboxylic acids is 1. The summed E-state index contributed by atoms with van der Waals surface area (Å²) in [6, 6.07) is 25.1. The van der Waals surface area contributed by atoms with Crippen molar-refractivity contribution in [2.24, 2.45) is 11.8 Å². The van der Waals surface area contributed by atoms with Crippen LogP contribution in [0.15, 0.2) is 83.1 Å². The molecule has 5 aromatic rings. The molecule has 0 atom stereocenters. The quantitative estimate of drug-likeness (QED) is 0.0656. The van der Waals surface area contributed by atoms with Crippen LogP contribution in [0.25, 0.3) is 33.0 Å². The number of hydrogen-bond acceptors (Lipinski definition) is 5. The van der Waals surface area contributed by atoms with Crippen LogP contribution in [0.5, 0.6) is 0 Å². The van der Waals surface area contributed by atoms with E-state index in [1.54, 1.807) is 0 Å². The summed E-state index contributed by atoms with van der Waals surface area (Å²) in [5.74, 6) is 0.905. The molecule has 1 aliphatic heterocycles. The number of furan rings is 1. The van der Waals surface area contributed by atoms with Crippen LogP contribution in [0, 0.1) is 17.9 Å². The van der Waals surface area contributed by atoms with E-state index < -0.39 is 8.07 Å². The summed E-state index contributed by atoms with van der Waals surface area (Å²) in [4.78, 5) is 19.0. The molecule has 1 N–H and O–H groups in total. The van der Waals surface area contributed by atoms with Crippen LogP contribution in [0.2, 0.25) is 13.1 Å². The standard InChI is InChI=1S/C29H27N2OSi.C13H24O2.Ir/c1-18(2)24-21-14-10-9-11-19(21)17-22-26-25-23(15-16-30-26)32-29(28(25)31(3)27(22)24)33(4,5)20-12-7-6-8-13-20;1-5-10(6-2)12(14)9-13(15)11(7-3)8-4;/h6-16,18H,1-5H3;9-11,14H,5-8H2,1-4H3;/q-1;;/b;12-9-;. The number of benzene rings is 3. The Morgan fingerprint density at radius 1 is 0.918 bits per heavy atom. The average molecular weight is 852 g/mol. The second kappa shape index (κ2) is 16.0. The largest absolute Gasteiger partial charge is 0.512 e. The first-order valence-electron chi connectivity index (χ1n) is 17.6. The zero-order chi connectivity index (χ0) is 34.7. The molecule has 7 heteroatoms. The Hall–Kier alpha value is -3.51. The van der Waals surface area contributed by atoms with Crippen molar-refractivity contribution in [3.8, 4) is 11.3 Å². The number of aliphatic hydroxyl groups excluding tert-OH is 1. The maximum Gasteiger partial charge on any atom is 0.162 e. The fourth-order valence-electron chi connectivity index (χ4n) is 7.23. The monoisotopic (exact) mass is 852 g/mol. The molecule has 3 aromatic carbocycles. The fourth-order valence-corrected chi connectivity index (χ4v) is 9.77. The van der Waals surface area contributed by atoms with Gasteiger partial charge in [0.2, 0.25) is 0 Å². The molecule has 2 aromatic heterocycles. The summed E-state index contributed by atoms with van der Waals surface area (Å²) in [6.45, 7) is 17.4. The molecule has 0 saturated carbocycles. The first kappa shape index (κ1) is 38.3. The Morgan fingerprint density at radius 2 is 1.53 bits per heavy atom. The summed E-state index contributed by atoms with van der Waals surface area (Å²) < 4.78 is 6.70. The molecule has 5 nitrogen and oxygen atoms in total. The van der Waals surface area contributed by atoms with E-state index in [1.165, 1.54) is 33.6 Å². The maximum absolute atomic E-state index is 11.7. The minimum absolute atomic E-state index is 0. The van der Waals surface area contributed by atoms with Gasteiger partial charge in [0.1, 0.15) is 11.0 Å². The Balaban J connectivity index is 0.000000290. The van der Waals surface area contributed by atoms with E-state index in [0.29, 0.717) is 5.92 Å². The summed E-state index contributed by atoms with van der Waals surface area (Å²) in [5.41, 5.74) is 6.69. The van der Waals surface area contributed by atoms with Crippen molar-refractivity contribution in [2.75, 3.05) is 11.9 Å². The molecule has 49 heavy (non-hydrogen) atoms. The topological polar surface area (TPSA) is 66.6 Å². The summed E-state index contributed by atoms with van der Waals surface area (Å²) in [6.07, 6.45) is 6.78. The number of ketones is 1. The van der Waals surface area contributed by atoms with Gasteiger partial charge in [0.05, 0.1) is 11.4 Å². The third kappa shape index (κ3) is 7.22. The number of carbonyl (C=O) groups is 1. The molecule has 0 fully saturated rings. The van der Waals surface area contributed by atoms with Gasteiger partial charge in [-0.05, 0) is 43.4 Å². The number of nitrogens with zero attached hydrogens (tertiary/aromatic N) is 2. The van der Waals surface area contributed by atoms with E-state index in [-0.39, 0.29) is 43.5 Å². The molecule has 0 amide bonds. The predicted octanol–water partition coefficient (Wildman–Crippen LogP) is 10.3. The van der Waals surface area contributed by atoms with Crippen LogP contribution >= 0.6 is 0 Å². The van der Waals surface area contributed by atoms with E-state index in [9.17, 15) is 9.90 Å². The van der Waals surface area contributed by atoms with E-state index in [4.69, 9.17) is 9.40 Å². The predicted molar refractivity (Wildman–Crippen MR) is 205 cm³/mol. The average Bonchev–Trinajstić information content (AvgIpc) is 3.49. The van der Waals surface area contributed by atoms with Gasteiger partial charge in [0.15, 0.2) is 13.9 Å². The van der Waals surface area contributed by atoms with Crippen LogP contribution in [0.4, 0.5) is 11.4 Å². The number of pyridine rings is 1. The van der Waals surface area contributed by atoms with Crippen molar-refractivity contribution >= 4 is 57.5 Å². The minimum atomic E-state index is -2.10. The third-order valence-corrected chi connectivity index (χ3v) is 13.4. The van der Waals surface area contributed by atoms with Gasteiger partial charge in [0.25, 0.3) is 0 Å². The Labute approximate surface area is 307 Å². The van der Waals surface area contributed by atoms with Crippen molar-refractivity contribution in [3.63, 3.8) is 0 Å². The number of rotatable bonds is 10. The van der Waals surface area contributed by atoms with Crippen molar-refractivity contribution in [1.29, 1.82) is 0 Å². The van der Waals surface area contributed by atoms with Gasteiger partial charge in [-0.3, -0.25) is 9.78 Å². The first-order valence-corrected chi connectivity index (χ1v) is 20.6. The molecular weight excluding hydrogens is 801 g/mol. The molecule has 6 rings (SSSR count). The van der Waals surface area contributed by atoms with Gasteiger partial charge < -0.3 is 14.4 Å². The van der Waals surface area contributed by atoms with Crippen LogP contribution in [-0.2, 0) is 24.9 Å². The number of aliphatic hydroxyl groups is 1. The van der Waals surface area contributed by atoms with E-state index in [0.717, 1.165) is 58.7 Å². The molecule has 0 bridgehead atoms. The number of allylic oxidation sites excluding steroid dienone is 2. The van der Waals surface area contributed by atoms with Crippen molar-refractivity contribution in [3.05, 3.63) is 90.3 Å². The zero-order valence-electron chi connectivity index (χ0n) is 30.5. The summed E-state index contributed by atoms with van der Waals surface area (Å²) >= 11 is 0. The van der Waals surface area contributed by atoms with Gasteiger partial charge in [-0.2, -0.15) is 0 Å². The van der Waals surface area contributed by atoms with Gasteiger partial charge in [-0.25, -0.2) is 0 Å². The van der Waals surface area contributed by atoms with Gasteiger partial charge in [0, 0.05) is 62.3 Å². The third-order valence-electron chi connectivity index (χ3n) is 10.2. The zero-order valence-corrected chi connectivity index (χ0v) is 33.9. The number of hydrogen-bond donors (Lipinski definition) is 1. The fraction of sp³-hybridized carbons (Fsp3) is 0.381. The molecule has 0 saturated heterocycles. The molecule has 0 aliphatic carbocycles. The summed E-state index contributed by atoms with van der Waals surface area (Å²) in [5, 5.41) is 15.7. The Bertz CT molecular complexity index is 1940. The SMILES string of the molecule is CC(C)c1c2c([c-]c3ccccc13)-c1nccc3oc([Si](C)(C)c4ccccc4)c(c13)N2C.CCC(CC)C(=O)/C=C(\O)C(CC)CC.[Ir]. The Morgan fingerprint density at radius 3 is 2.14 bits per heavy atom. The number of aromatic nitrogens is 1. The van der Waals surface area contributed by atoms with Crippen LogP contribution in [0.1, 0.15) is 78.7 Å². The van der Waals surface area contributed by atoms with Crippen molar-refractivity contribution in [2.45, 2.75) is 86.2 Å². The minimum Gasteiger partial charge on any atom is -0.512 e. The second-order valence-electron chi connectivity index (χ2n) is 13.8. The number of fused-ring (bicyclic) bond motifs is 3. The van der Waals surface area contributed by atoms with Crippen molar-refractivity contribution < 1.29 is 34.4 Å². The Kier molecular flexibility index (Phi) is 12.5. The molecular formula is C42H51IrN2O3Si-. The molecule has 3 heterocycles. The molecule has 0 spiro atoms.